The summed E-state index contributed by atoms with van der Waals surface area (Å²) in [6.07, 6.45) is 2.95. The quantitative estimate of drug-likeness (QED) is 0.681. The van der Waals surface area contributed by atoms with Crippen LogP contribution >= 0.6 is 0 Å². The van der Waals surface area contributed by atoms with Crippen LogP contribution in [0.1, 0.15) is 13.8 Å². The third-order valence-corrected chi connectivity index (χ3v) is 1.48. The van der Waals surface area contributed by atoms with Gasteiger partial charge in [-0.25, -0.2) is 15.3 Å². The van der Waals surface area contributed by atoms with Gasteiger partial charge in [-0.15, -0.1) is 0 Å². The lowest BCUT2D eigenvalue weighted by atomic mass is 10.4. The molecule has 0 saturated carbocycles. The van der Waals surface area contributed by atoms with E-state index < -0.39 is 0 Å². The van der Waals surface area contributed by atoms with Gasteiger partial charge in [0.25, 0.3) is 0 Å². The first-order valence-electron chi connectivity index (χ1n) is 4.02. The van der Waals surface area contributed by atoms with Gasteiger partial charge in [0.2, 0.25) is 5.88 Å². The first kappa shape index (κ1) is 7.97. The Bertz CT molecular complexity index is 348. The van der Waals surface area contributed by atoms with Gasteiger partial charge in [-0.1, -0.05) is 0 Å². The van der Waals surface area contributed by atoms with Crippen molar-refractivity contribution in [1.29, 1.82) is 0 Å². The summed E-state index contributed by atoms with van der Waals surface area (Å²) in [6.45, 7) is 3.87. The first-order valence-corrected chi connectivity index (χ1v) is 4.02. The molecule has 1 aliphatic rings. The number of aliphatic imine (C=N–C) groups is 1. The van der Waals surface area contributed by atoms with Crippen molar-refractivity contribution in [3.05, 3.63) is 6.33 Å². The van der Waals surface area contributed by atoms with Crippen LogP contribution in [0.5, 0.6) is 5.88 Å². The Balaban J connectivity index is 2.35. The molecule has 0 atom stereocenters. The van der Waals surface area contributed by atoms with Crippen LogP contribution in [-0.4, -0.2) is 22.4 Å². The average molecular weight is 177 g/mol. The molecular weight excluding hydrogens is 168 g/mol. The summed E-state index contributed by atoms with van der Waals surface area (Å²) < 4.78 is 5.43. The van der Waals surface area contributed by atoms with Gasteiger partial charge in [-0.05, 0) is 13.8 Å². The Morgan fingerprint density at radius 1 is 1.31 bits per heavy atom. The lowest BCUT2D eigenvalue weighted by Crippen LogP contribution is -2.07. The van der Waals surface area contributed by atoms with E-state index in [4.69, 9.17) is 4.74 Å². The van der Waals surface area contributed by atoms with Gasteiger partial charge in [0.05, 0.1) is 6.10 Å². The summed E-state index contributed by atoms with van der Waals surface area (Å²) in [6, 6.07) is 0. The van der Waals surface area contributed by atoms with Crippen molar-refractivity contribution in [1.82, 2.24) is 15.3 Å². The minimum atomic E-state index is 0.0785. The van der Waals surface area contributed by atoms with E-state index in [1.54, 1.807) is 0 Å². The smallest absolute Gasteiger partial charge is 0.245 e. The highest BCUT2D eigenvalue weighted by Crippen LogP contribution is 2.34. The van der Waals surface area contributed by atoms with Gasteiger partial charge in [-0.3, -0.25) is 0 Å². The van der Waals surface area contributed by atoms with Crippen LogP contribution in [0.2, 0.25) is 0 Å². The number of aromatic nitrogens is 2. The van der Waals surface area contributed by atoms with Crippen molar-refractivity contribution in [2.45, 2.75) is 20.0 Å². The van der Waals surface area contributed by atoms with Crippen molar-refractivity contribution in [3.8, 4) is 5.88 Å². The van der Waals surface area contributed by atoms with Crippen LogP contribution in [0.4, 0.5) is 11.5 Å². The molecule has 1 radical (unpaired) electrons. The summed E-state index contributed by atoms with van der Waals surface area (Å²) in [5, 5.41) is 3.94. The summed E-state index contributed by atoms with van der Waals surface area (Å²) in [7, 11) is 0. The zero-order valence-electron chi connectivity index (χ0n) is 7.43. The number of ether oxygens (including phenoxy) is 1. The molecule has 2 heterocycles. The van der Waals surface area contributed by atoms with Gasteiger partial charge in [-0.2, -0.15) is 4.98 Å². The minimum absolute atomic E-state index is 0.0785. The van der Waals surface area contributed by atoms with Crippen molar-refractivity contribution in [2.24, 2.45) is 4.99 Å². The molecule has 67 valence electrons. The van der Waals surface area contributed by atoms with E-state index in [1.807, 2.05) is 13.8 Å². The van der Waals surface area contributed by atoms with E-state index in [-0.39, 0.29) is 6.10 Å². The van der Waals surface area contributed by atoms with Gasteiger partial charge in [0, 0.05) is 0 Å². The Hall–Kier alpha value is -1.65. The monoisotopic (exact) mass is 177 g/mol. The van der Waals surface area contributed by atoms with Crippen LogP contribution in [0.25, 0.3) is 0 Å². The molecule has 0 amide bonds. The van der Waals surface area contributed by atoms with Crippen molar-refractivity contribution < 1.29 is 4.74 Å². The normalized spacial score (nSPS) is 12.8. The molecule has 5 nitrogen and oxygen atoms in total. The summed E-state index contributed by atoms with van der Waals surface area (Å²) in [5.41, 5.74) is 0.621. The Kier molecular flexibility index (Phi) is 1.84. The van der Waals surface area contributed by atoms with Crippen LogP contribution in [0.3, 0.4) is 0 Å². The predicted octanol–water partition coefficient (Wildman–Crippen LogP) is 1.17. The SMILES string of the molecule is CC(C)Oc1ncnc2c1N=C[N]2. The van der Waals surface area contributed by atoms with Crippen LogP contribution in [0, 0.1) is 0 Å². The van der Waals surface area contributed by atoms with Gasteiger partial charge in [0.1, 0.15) is 12.7 Å². The molecule has 0 N–H and O–H groups in total. The third kappa shape index (κ3) is 1.44. The van der Waals surface area contributed by atoms with Crippen LogP contribution in [-0.2, 0) is 0 Å². The summed E-state index contributed by atoms with van der Waals surface area (Å²) >= 11 is 0. The van der Waals surface area contributed by atoms with Crippen molar-refractivity contribution >= 4 is 17.8 Å². The van der Waals surface area contributed by atoms with E-state index in [1.165, 1.54) is 12.7 Å². The maximum absolute atomic E-state index is 5.43. The van der Waals surface area contributed by atoms with E-state index >= 15 is 0 Å². The Labute approximate surface area is 75.9 Å². The highest BCUT2D eigenvalue weighted by atomic mass is 16.5. The fourth-order valence-electron chi connectivity index (χ4n) is 1.01. The molecule has 2 rings (SSSR count). The third-order valence-electron chi connectivity index (χ3n) is 1.48. The second-order valence-electron chi connectivity index (χ2n) is 2.89. The Morgan fingerprint density at radius 2 is 2.15 bits per heavy atom. The Morgan fingerprint density at radius 3 is 2.92 bits per heavy atom. The first-order chi connectivity index (χ1) is 6.27. The van der Waals surface area contributed by atoms with E-state index in [9.17, 15) is 0 Å². The second kappa shape index (κ2) is 3.01. The topological polar surface area (TPSA) is 61.5 Å². The lowest BCUT2D eigenvalue weighted by molar-refractivity contribution is 0.233. The number of rotatable bonds is 2. The highest BCUT2D eigenvalue weighted by Gasteiger charge is 2.16. The molecule has 0 aliphatic carbocycles. The van der Waals surface area contributed by atoms with E-state index in [0.29, 0.717) is 17.4 Å². The largest absolute Gasteiger partial charge is 0.473 e. The summed E-state index contributed by atoms with van der Waals surface area (Å²) in [5.74, 6) is 1.07. The van der Waals surface area contributed by atoms with E-state index in [2.05, 4.69) is 20.3 Å². The minimum Gasteiger partial charge on any atom is -0.473 e. The molecule has 13 heavy (non-hydrogen) atoms. The fourth-order valence-corrected chi connectivity index (χ4v) is 1.01. The predicted molar refractivity (Wildman–Crippen MR) is 47.7 cm³/mol. The van der Waals surface area contributed by atoms with Crippen molar-refractivity contribution in [2.75, 3.05) is 0 Å². The molecular formula is C8H9N4O. The van der Waals surface area contributed by atoms with Gasteiger partial charge >= 0.3 is 0 Å². The van der Waals surface area contributed by atoms with Gasteiger partial charge < -0.3 is 4.74 Å². The standard InChI is InChI=1S/C8H9N4O/c1-5(2)13-8-6-7(10-3-9-6)11-4-12-8/h3-5H,1-2H3. The zero-order valence-corrected chi connectivity index (χ0v) is 7.43. The molecule has 0 bridgehead atoms. The number of hydrogen-bond donors (Lipinski definition) is 0. The molecule has 0 fully saturated rings. The maximum Gasteiger partial charge on any atom is 0.245 e. The van der Waals surface area contributed by atoms with Crippen molar-refractivity contribution in [3.63, 3.8) is 0 Å². The molecule has 0 aromatic carbocycles. The lowest BCUT2D eigenvalue weighted by Gasteiger charge is -2.09. The highest BCUT2D eigenvalue weighted by molar-refractivity contribution is 5.81. The molecule has 5 heteroatoms. The molecule has 0 unspecified atom stereocenters. The number of hydrogen-bond acceptors (Lipinski definition) is 4. The zero-order chi connectivity index (χ0) is 9.26. The average Bonchev–Trinajstić information content (AvgIpc) is 2.51. The van der Waals surface area contributed by atoms with Crippen LogP contribution in [0.15, 0.2) is 11.3 Å². The van der Waals surface area contributed by atoms with E-state index in [0.717, 1.165) is 0 Å². The molecule has 0 spiro atoms. The molecule has 0 saturated heterocycles. The molecule has 1 aromatic rings. The molecule has 1 aromatic heterocycles. The maximum atomic E-state index is 5.43. The fraction of sp³-hybridized carbons (Fsp3) is 0.375. The summed E-state index contributed by atoms with van der Waals surface area (Å²) in [4.78, 5) is 11.9. The van der Waals surface area contributed by atoms with Crippen LogP contribution < -0.4 is 10.1 Å². The number of nitrogens with zero attached hydrogens (tertiary/aromatic N) is 4. The second-order valence-corrected chi connectivity index (χ2v) is 2.89. The molecule has 1 aliphatic heterocycles. The number of fused-ring (bicyclic) bond motifs is 1. The van der Waals surface area contributed by atoms with Gasteiger partial charge in [0.15, 0.2) is 11.5 Å².